The molecule has 0 atom stereocenters. The van der Waals surface area contributed by atoms with Crippen molar-refractivity contribution in [2.45, 2.75) is 6.92 Å². The topological polar surface area (TPSA) is 121 Å². The van der Waals surface area contributed by atoms with Crippen LogP contribution >= 0.6 is 0 Å². The highest BCUT2D eigenvalue weighted by molar-refractivity contribution is 5.91. The van der Waals surface area contributed by atoms with Gasteiger partial charge in [0.2, 0.25) is 11.8 Å². The van der Waals surface area contributed by atoms with Gasteiger partial charge in [-0.3, -0.25) is 19.7 Å². The Morgan fingerprint density at radius 1 is 1.32 bits per heavy atom. The van der Waals surface area contributed by atoms with Crippen LogP contribution in [0.4, 0.5) is 5.69 Å². The molecule has 0 saturated heterocycles. The zero-order chi connectivity index (χ0) is 16.3. The summed E-state index contributed by atoms with van der Waals surface area (Å²) in [6, 6.07) is 5.71. The number of amides is 1. The second-order valence-electron chi connectivity index (χ2n) is 4.44. The first-order valence-corrected chi connectivity index (χ1v) is 6.21. The van der Waals surface area contributed by atoms with E-state index in [-0.39, 0.29) is 11.6 Å². The van der Waals surface area contributed by atoms with Crippen molar-refractivity contribution in [3.8, 4) is 11.3 Å². The molecule has 0 aliphatic heterocycles. The monoisotopic (exact) mass is 300 g/mol. The van der Waals surface area contributed by atoms with Crippen LogP contribution in [0.15, 0.2) is 36.5 Å². The maximum atomic E-state index is 11.4. The van der Waals surface area contributed by atoms with Crippen molar-refractivity contribution >= 4 is 23.6 Å². The van der Waals surface area contributed by atoms with E-state index in [0.717, 1.165) is 10.8 Å². The Hall–Kier alpha value is -3.29. The minimum atomic E-state index is -0.634. The van der Waals surface area contributed by atoms with Crippen LogP contribution in [0, 0.1) is 10.1 Å². The Morgan fingerprint density at radius 2 is 1.95 bits per heavy atom. The van der Waals surface area contributed by atoms with Gasteiger partial charge in [-0.05, 0) is 18.2 Å². The van der Waals surface area contributed by atoms with Crippen molar-refractivity contribution in [2.75, 3.05) is 0 Å². The van der Waals surface area contributed by atoms with Gasteiger partial charge < -0.3 is 5.73 Å². The van der Waals surface area contributed by atoms with Crippen molar-refractivity contribution in [2.24, 2.45) is 5.73 Å². The van der Waals surface area contributed by atoms with Crippen LogP contribution in [0.2, 0.25) is 0 Å². The molecule has 1 aromatic carbocycles. The number of non-ortho nitro benzene ring substituents is 1. The number of hydrogen-bond donors (Lipinski definition) is 1. The molecule has 0 spiro atoms. The lowest BCUT2D eigenvalue weighted by molar-refractivity contribution is -0.384. The van der Waals surface area contributed by atoms with Crippen LogP contribution < -0.4 is 5.73 Å². The minimum Gasteiger partial charge on any atom is -0.366 e. The number of nitro groups is 1. The lowest BCUT2D eigenvalue weighted by Gasteiger charge is -1.98. The fourth-order valence-electron chi connectivity index (χ4n) is 1.81. The number of primary amides is 1. The van der Waals surface area contributed by atoms with Gasteiger partial charge in [-0.1, -0.05) is 0 Å². The van der Waals surface area contributed by atoms with Gasteiger partial charge in [-0.25, -0.2) is 4.68 Å². The molecule has 8 heteroatoms. The van der Waals surface area contributed by atoms with Crippen LogP contribution in [0.3, 0.4) is 0 Å². The number of hydrogen-bond acceptors (Lipinski definition) is 5. The minimum absolute atomic E-state index is 0.0519. The van der Waals surface area contributed by atoms with Gasteiger partial charge >= 0.3 is 0 Å². The summed E-state index contributed by atoms with van der Waals surface area (Å²) in [6.45, 7) is 1.34. The number of benzene rings is 1. The lowest BCUT2D eigenvalue weighted by Crippen LogP contribution is -2.05. The number of nitrogens with zero attached hydrogens (tertiary/aromatic N) is 3. The molecule has 2 aromatic rings. The van der Waals surface area contributed by atoms with E-state index in [9.17, 15) is 19.7 Å². The molecule has 0 radical (unpaired) electrons. The molecule has 2 rings (SSSR count). The number of rotatable bonds is 4. The number of aromatic nitrogens is 2. The van der Waals surface area contributed by atoms with Crippen LogP contribution in [0.1, 0.15) is 17.3 Å². The Bertz CT molecular complexity index is 775. The van der Waals surface area contributed by atoms with E-state index < -0.39 is 10.8 Å². The molecule has 0 saturated carbocycles. The first-order valence-electron chi connectivity index (χ1n) is 6.21. The highest BCUT2D eigenvalue weighted by Gasteiger charge is 2.13. The predicted octanol–water partition coefficient (Wildman–Crippen LogP) is 1.62. The molecule has 1 heterocycles. The molecule has 2 N–H and O–H groups in total. The summed E-state index contributed by atoms with van der Waals surface area (Å²) < 4.78 is 1.12. The predicted molar refractivity (Wildman–Crippen MR) is 78.8 cm³/mol. The summed E-state index contributed by atoms with van der Waals surface area (Å²) in [5.74, 6) is -0.938. The van der Waals surface area contributed by atoms with Gasteiger partial charge in [0.1, 0.15) is 5.69 Å². The van der Waals surface area contributed by atoms with Crippen molar-refractivity contribution < 1.29 is 14.5 Å². The summed E-state index contributed by atoms with van der Waals surface area (Å²) in [7, 11) is 0. The molecule has 0 fully saturated rings. The molecule has 112 valence electrons. The number of nitrogens with two attached hydrogens (primary N) is 1. The van der Waals surface area contributed by atoms with E-state index in [1.54, 1.807) is 0 Å². The van der Waals surface area contributed by atoms with Gasteiger partial charge in [-0.2, -0.15) is 5.10 Å². The zero-order valence-electron chi connectivity index (χ0n) is 11.6. The Labute approximate surface area is 125 Å². The lowest BCUT2D eigenvalue weighted by atomic mass is 10.1. The highest BCUT2D eigenvalue weighted by atomic mass is 16.6. The van der Waals surface area contributed by atoms with Gasteiger partial charge in [-0.15, -0.1) is 0 Å². The first kappa shape index (κ1) is 15.1. The molecule has 0 aliphatic carbocycles. The third-order valence-corrected chi connectivity index (χ3v) is 2.84. The fourth-order valence-corrected chi connectivity index (χ4v) is 1.81. The Morgan fingerprint density at radius 3 is 2.45 bits per heavy atom. The van der Waals surface area contributed by atoms with E-state index in [1.807, 2.05) is 0 Å². The van der Waals surface area contributed by atoms with Gasteiger partial charge in [0.15, 0.2) is 0 Å². The quantitative estimate of drug-likeness (QED) is 0.522. The molecule has 1 amide bonds. The Balaban J connectivity index is 2.50. The van der Waals surface area contributed by atoms with E-state index in [2.05, 4.69) is 5.10 Å². The highest BCUT2D eigenvalue weighted by Crippen LogP contribution is 2.25. The average Bonchev–Trinajstić information content (AvgIpc) is 2.89. The average molecular weight is 300 g/mol. The van der Waals surface area contributed by atoms with E-state index in [0.29, 0.717) is 16.8 Å². The summed E-state index contributed by atoms with van der Waals surface area (Å²) >= 11 is 0. The summed E-state index contributed by atoms with van der Waals surface area (Å²) in [5.41, 5.74) is 6.50. The second-order valence-corrected chi connectivity index (χ2v) is 4.44. The maximum absolute atomic E-state index is 11.4. The standard InChI is InChI=1S/C14H12N4O4/c1-9(19)17-8-11(4-7-13(15)20)14(16-17)10-2-5-12(6-3-10)18(21)22/h2-8H,1H3,(H2,15,20)/b7-4-. The van der Waals surface area contributed by atoms with Crippen LogP contribution in [-0.2, 0) is 4.79 Å². The van der Waals surface area contributed by atoms with Crippen LogP contribution in [-0.4, -0.2) is 26.5 Å². The van der Waals surface area contributed by atoms with E-state index in [4.69, 9.17) is 5.73 Å². The molecular weight excluding hydrogens is 288 g/mol. The third-order valence-electron chi connectivity index (χ3n) is 2.84. The molecular formula is C14H12N4O4. The SMILES string of the molecule is CC(=O)n1cc(/C=C\C(N)=O)c(-c2ccc([N+](=O)[O-])cc2)n1. The van der Waals surface area contributed by atoms with Crippen molar-refractivity contribution in [3.05, 3.63) is 52.2 Å². The van der Waals surface area contributed by atoms with Crippen molar-refractivity contribution in [1.82, 2.24) is 9.78 Å². The largest absolute Gasteiger partial charge is 0.366 e. The second kappa shape index (κ2) is 6.00. The number of carbonyl (C=O) groups excluding carboxylic acids is 2. The normalized spacial score (nSPS) is 10.8. The smallest absolute Gasteiger partial charge is 0.269 e. The number of nitro benzene ring substituents is 1. The van der Waals surface area contributed by atoms with Crippen LogP contribution in [0.5, 0.6) is 0 Å². The molecule has 8 nitrogen and oxygen atoms in total. The van der Waals surface area contributed by atoms with Crippen molar-refractivity contribution in [1.29, 1.82) is 0 Å². The van der Waals surface area contributed by atoms with Crippen molar-refractivity contribution in [3.63, 3.8) is 0 Å². The molecule has 22 heavy (non-hydrogen) atoms. The third kappa shape index (κ3) is 3.23. The Kier molecular flexibility index (Phi) is 4.12. The summed E-state index contributed by atoms with van der Waals surface area (Å²) in [5, 5.41) is 14.8. The molecule has 1 aromatic heterocycles. The first-order chi connectivity index (χ1) is 10.4. The number of carbonyl (C=O) groups is 2. The summed E-state index contributed by atoms with van der Waals surface area (Å²) in [4.78, 5) is 32.4. The van der Waals surface area contributed by atoms with Gasteiger partial charge in [0.05, 0.1) is 4.92 Å². The molecule has 0 bridgehead atoms. The van der Waals surface area contributed by atoms with Crippen LogP contribution in [0.25, 0.3) is 17.3 Å². The van der Waals surface area contributed by atoms with E-state index >= 15 is 0 Å². The van der Waals surface area contributed by atoms with Gasteiger partial charge in [0, 0.05) is 42.5 Å². The van der Waals surface area contributed by atoms with E-state index in [1.165, 1.54) is 43.5 Å². The zero-order valence-corrected chi connectivity index (χ0v) is 11.6. The molecule has 0 aliphatic rings. The summed E-state index contributed by atoms with van der Waals surface area (Å²) in [6.07, 6.45) is 4.04. The van der Waals surface area contributed by atoms with Gasteiger partial charge in [0.25, 0.3) is 5.69 Å². The maximum Gasteiger partial charge on any atom is 0.269 e. The fraction of sp³-hybridized carbons (Fsp3) is 0.0714. The molecule has 0 unspecified atom stereocenters.